The summed E-state index contributed by atoms with van der Waals surface area (Å²) in [6.45, 7) is -0.253. The number of carbonyl (C=O) groups is 2. The van der Waals surface area contributed by atoms with Crippen LogP contribution in [0.1, 0.15) is 10.4 Å². The molecule has 0 aliphatic heterocycles. The second-order valence-electron chi connectivity index (χ2n) is 2.81. The van der Waals surface area contributed by atoms with Crippen molar-refractivity contribution in [2.24, 2.45) is 0 Å². The minimum Gasteiger partial charge on any atom is -0.482 e. The molecule has 6 heteroatoms. The van der Waals surface area contributed by atoms with Gasteiger partial charge in [0.05, 0.1) is 12.7 Å². The molecule has 0 bridgehead atoms. The number of ether oxygens (including phenoxy) is 2. The minimum absolute atomic E-state index is 0.0716. The number of benzene rings is 1. The maximum Gasteiger partial charge on any atom is 0.343 e. The van der Waals surface area contributed by atoms with Crippen LogP contribution in [-0.2, 0) is 9.53 Å². The van der Waals surface area contributed by atoms with Crippen LogP contribution in [0.5, 0.6) is 5.75 Å². The molecule has 0 aromatic heterocycles. The number of esters is 1. The van der Waals surface area contributed by atoms with Crippen LogP contribution in [0.15, 0.2) is 22.7 Å². The molecule has 1 N–H and O–H groups in total. The first-order valence-corrected chi connectivity index (χ1v) is 5.06. The Morgan fingerprint density at radius 1 is 1.44 bits per heavy atom. The number of halogens is 1. The van der Waals surface area contributed by atoms with E-state index in [1.54, 1.807) is 6.07 Å². The molecule has 0 atom stereocenters. The molecule has 0 aliphatic carbocycles. The van der Waals surface area contributed by atoms with Gasteiger partial charge in [-0.2, -0.15) is 0 Å². The van der Waals surface area contributed by atoms with Gasteiger partial charge in [-0.1, -0.05) is 0 Å². The largest absolute Gasteiger partial charge is 0.482 e. The van der Waals surface area contributed by atoms with Crippen LogP contribution in [0.25, 0.3) is 0 Å². The number of hydrogen-bond acceptors (Lipinski definition) is 4. The maximum absolute atomic E-state index is 10.8. The van der Waals surface area contributed by atoms with Crippen LogP contribution >= 0.6 is 15.9 Å². The molecular weight excluding hydrogens is 280 g/mol. The molecule has 0 saturated carbocycles. The topological polar surface area (TPSA) is 72.8 Å². The van der Waals surface area contributed by atoms with Crippen molar-refractivity contribution in [2.45, 2.75) is 0 Å². The number of carbonyl (C=O) groups excluding carboxylic acids is 1. The van der Waals surface area contributed by atoms with Crippen LogP contribution < -0.4 is 4.74 Å². The number of aromatic carboxylic acids is 1. The summed E-state index contributed by atoms with van der Waals surface area (Å²) < 4.78 is 9.88. The van der Waals surface area contributed by atoms with Crippen molar-refractivity contribution in [1.82, 2.24) is 0 Å². The van der Waals surface area contributed by atoms with Gasteiger partial charge in [0.1, 0.15) is 5.75 Å². The zero-order chi connectivity index (χ0) is 12.1. The fourth-order valence-electron chi connectivity index (χ4n) is 0.959. The predicted octanol–water partition coefficient (Wildman–Crippen LogP) is 1.70. The molecule has 86 valence electrons. The monoisotopic (exact) mass is 288 g/mol. The Hall–Kier alpha value is -1.56. The third-order valence-corrected chi connectivity index (χ3v) is 2.44. The summed E-state index contributed by atoms with van der Waals surface area (Å²) in [5, 5.41) is 8.84. The van der Waals surface area contributed by atoms with E-state index >= 15 is 0 Å². The molecule has 0 heterocycles. The van der Waals surface area contributed by atoms with Gasteiger partial charge in [0.15, 0.2) is 6.61 Å². The third-order valence-electron chi connectivity index (χ3n) is 1.75. The second-order valence-corrected chi connectivity index (χ2v) is 3.67. The van der Waals surface area contributed by atoms with Gasteiger partial charge in [-0.25, -0.2) is 9.59 Å². The number of hydrogen-bond donors (Lipinski definition) is 1. The molecule has 0 unspecified atom stereocenters. The van der Waals surface area contributed by atoms with Crippen molar-refractivity contribution in [3.8, 4) is 5.75 Å². The molecule has 16 heavy (non-hydrogen) atoms. The average Bonchev–Trinajstić information content (AvgIpc) is 2.27. The molecule has 0 saturated heterocycles. The third kappa shape index (κ3) is 3.23. The molecule has 1 aromatic rings. The lowest BCUT2D eigenvalue weighted by atomic mass is 10.2. The van der Waals surface area contributed by atoms with Crippen molar-refractivity contribution in [1.29, 1.82) is 0 Å². The van der Waals surface area contributed by atoms with Gasteiger partial charge in [0.2, 0.25) is 0 Å². The molecule has 0 amide bonds. The first kappa shape index (κ1) is 12.5. The summed E-state index contributed by atoms with van der Waals surface area (Å²) in [4.78, 5) is 21.6. The minimum atomic E-state index is -1.07. The number of carboxylic acids is 1. The second kappa shape index (κ2) is 5.50. The van der Waals surface area contributed by atoms with Crippen molar-refractivity contribution in [2.75, 3.05) is 13.7 Å². The first-order valence-electron chi connectivity index (χ1n) is 4.27. The molecule has 1 aromatic carbocycles. The van der Waals surface area contributed by atoms with Crippen molar-refractivity contribution in [3.63, 3.8) is 0 Å². The van der Waals surface area contributed by atoms with Gasteiger partial charge in [0.25, 0.3) is 0 Å². The van der Waals surface area contributed by atoms with Crippen LogP contribution in [0.2, 0.25) is 0 Å². The van der Waals surface area contributed by atoms with Crippen molar-refractivity contribution in [3.05, 3.63) is 28.2 Å². The molecule has 0 radical (unpaired) electrons. The lowest BCUT2D eigenvalue weighted by Crippen LogP contribution is -2.12. The van der Waals surface area contributed by atoms with E-state index in [1.165, 1.54) is 19.2 Å². The smallest absolute Gasteiger partial charge is 0.343 e. The van der Waals surface area contributed by atoms with Crippen LogP contribution in [0, 0.1) is 0 Å². The zero-order valence-corrected chi connectivity index (χ0v) is 9.98. The Kier molecular flexibility index (Phi) is 4.30. The van der Waals surface area contributed by atoms with Crippen LogP contribution in [0.4, 0.5) is 0 Å². The molecule has 1 rings (SSSR count). The summed E-state index contributed by atoms with van der Waals surface area (Å²) in [6, 6.07) is 4.42. The van der Waals surface area contributed by atoms with Crippen molar-refractivity contribution >= 4 is 27.9 Å². The van der Waals surface area contributed by atoms with Crippen LogP contribution in [-0.4, -0.2) is 30.8 Å². The van der Waals surface area contributed by atoms with E-state index in [4.69, 9.17) is 9.84 Å². The highest BCUT2D eigenvalue weighted by Gasteiger charge is 2.10. The fourth-order valence-corrected chi connectivity index (χ4v) is 1.38. The summed E-state index contributed by atoms with van der Waals surface area (Å²) in [5.74, 6) is -1.30. The van der Waals surface area contributed by atoms with Crippen molar-refractivity contribution < 1.29 is 24.2 Å². The Morgan fingerprint density at radius 3 is 2.69 bits per heavy atom. The molecule has 0 aliphatic rings. The first-order chi connectivity index (χ1) is 7.54. The summed E-state index contributed by atoms with van der Waals surface area (Å²) >= 11 is 3.10. The highest BCUT2D eigenvalue weighted by Crippen LogP contribution is 2.22. The number of carboxylic acid groups (broad SMARTS) is 1. The normalized spacial score (nSPS) is 9.62. The van der Waals surface area contributed by atoms with E-state index in [0.29, 0.717) is 10.2 Å². The molecule has 0 fully saturated rings. The fraction of sp³-hybridized carbons (Fsp3) is 0.200. The number of rotatable bonds is 4. The van der Waals surface area contributed by atoms with E-state index in [2.05, 4.69) is 20.7 Å². The van der Waals surface area contributed by atoms with E-state index < -0.39 is 11.9 Å². The Morgan fingerprint density at radius 2 is 2.12 bits per heavy atom. The quantitative estimate of drug-likeness (QED) is 0.854. The van der Waals surface area contributed by atoms with E-state index in [-0.39, 0.29) is 12.2 Å². The van der Waals surface area contributed by atoms with E-state index in [1.807, 2.05) is 0 Å². The lowest BCUT2D eigenvalue weighted by molar-refractivity contribution is -0.142. The van der Waals surface area contributed by atoms with Gasteiger partial charge >= 0.3 is 11.9 Å². The van der Waals surface area contributed by atoms with Gasteiger partial charge in [-0.15, -0.1) is 0 Å². The maximum atomic E-state index is 10.8. The summed E-state index contributed by atoms with van der Waals surface area (Å²) in [5.41, 5.74) is 0.0716. The van der Waals surface area contributed by atoms with Gasteiger partial charge in [-0.05, 0) is 34.1 Å². The van der Waals surface area contributed by atoms with Crippen LogP contribution in [0.3, 0.4) is 0 Å². The van der Waals surface area contributed by atoms with Gasteiger partial charge in [-0.3, -0.25) is 0 Å². The highest BCUT2D eigenvalue weighted by atomic mass is 79.9. The standard InChI is InChI=1S/C10H9BrO5/c1-15-9(12)5-16-6-2-3-8(11)7(4-6)10(13)14/h2-4H,5H2,1H3,(H,13,14). The highest BCUT2D eigenvalue weighted by molar-refractivity contribution is 9.10. The van der Waals surface area contributed by atoms with E-state index in [0.717, 1.165) is 0 Å². The van der Waals surface area contributed by atoms with Gasteiger partial charge in [0, 0.05) is 4.47 Å². The lowest BCUT2D eigenvalue weighted by Gasteiger charge is -2.06. The molecule has 0 spiro atoms. The number of methoxy groups -OCH3 is 1. The molecular formula is C10H9BrO5. The Balaban J connectivity index is 2.79. The zero-order valence-electron chi connectivity index (χ0n) is 8.40. The summed E-state index contributed by atoms with van der Waals surface area (Å²) in [6.07, 6.45) is 0. The van der Waals surface area contributed by atoms with E-state index in [9.17, 15) is 9.59 Å². The average molecular weight is 289 g/mol. The Labute approximate surface area is 100 Å². The molecule has 5 nitrogen and oxygen atoms in total. The SMILES string of the molecule is COC(=O)COc1ccc(Br)c(C(=O)O)c1. The summed E-state index contributed by atoms with van der Waals surface area (Å²) in [7, 11) is 1.25. The Bertz CT molecular complexity index is 416. The predicted molar refractivity (Wildman–Crippen MR) is 58.6 cm³/mol. The van der Waals surface area contributed by atoms with Gasteiger partial charge < -0.3 is 14.6 Å².